The molecular formula is C16H13F2NO. The number of anilines is 1. The standard InChI is InChI=1S/C16H13F2NO/c17-12-5-7-14(15(18)9-12)16(20)19-13-6-4-10-2-1-3-11(10)8-13/h4-9H,1-3H2,(H,19,20). The molecule has 4 heteroatoms. The maximum absolute atomic E-state index is 13.5. The van der Waals surface area contributed by atoms with Gasteiger partial charge in [-0.15, -0.1) is 0 Å². The minimum Gasteiger partial charge on any atom is -0.322 e. The Bertz CT molecular complexity index is 682. The van der Waals surface area contributed by atoms with Gasteiger partial charge in [0.1, 0.15) is 11.6 Å². The lowest BCUT2D eigenvalue weighted by molar-refractivity contribution is 0.102. The lowest BCUT2D eigenvalue weighted by Gasteiger charge is -2.08. The molecule has 0 bridgehead atoms. The van der Waals surface area contributed by atoms with E-state index < -0.39 is 17.5 Å². The maximum Gasteiger partial charge on any atom is 0.258 e. The summed E-state index contributed by atoms with van der Waals surface area (Å²) < 4.78 is 26.3. The lowest BCUT2D eigenvalue weighted by Crippen LogP contribution is -2.14. The molecule has 0 spiro atoms. The van der Waals surface area contributed by atoms with Gasteiger partial charge < -0.3 is 5.32 Å². The number of fused-ring (bicyclic) bond motifs is 1. The van der Waals surface area contributed by atoms with E-state index in [1.165, 1.54) is 11.1 Å². The molecule has 0 saturated heterocycles. The van der Waals surface area contributed by atoms with Gasteiger partial charge in [0.25, 0.3) is 5.91 Å². The molecule has 1 aliphatic carbocycles. The van der Waals surface area contributed by atoms with Crippen LogP contribution in [0.15, 0.2) is 36.4 Å². The predicted molar refractivity (Wildman–Crippen MR) is 72.8 cm³/mol. The van der Waals surface area contributed by atoms with Gasteiger partial charge in [0.15, 0.2) is 0 Å². The van der Waals surface area contributed by atoms with Crippen molar-refractivity contribution >= 4 is 11.6 Å². The largest absolute Gasteiger partial charge is 0.322 e. The monoisotopic (exact) mass is 273 g/mol. The highest BCUT2D eigenvalue weighted by Crippen LogP contribution is 2.25. The van der Waals surface area contributed by atoms with Gasteiger partial charge >= 0.3 is 0 Å². The second-order valence-electron chi connectivity index (χ2n) is 4.92. The van der Waals surface area contributed by atoms with Crippen LogP contribution in [0.5, 0.6) is 0 Å². The van der Waals surface area contributed by atoms with Crippen molar-refractivity contribution in [3.8, 4) is 0 Å². The van der Waals surface area contributed by atoms with Gasteiger partial charge in [-0.3, -0.25) is 4.79 Å². The fourth-order valence-electron chi connectivity index (χ4n) is 2.52. The molecule has 0 unspecified atom stereocenters. The maximum atomic E-state index is 13.5. The van der Waals surface area contributed by atoms with Crippen molar-refractivity contribution in [1.29, 1.82) is 0 Å². The molecular weight excluding hydrogens is 260 g/mol. The molecule has 1 amide bonds. The number of nitrogens with one attached hydrogen (secondary N) is 1. The first kappa shape index (κ1) is 12.8. The Labute approximate surface area is 115 Å². The van der Waals surface area contributed by atoms with Gasteiger partial charge in [-0.25, -0.2) is 8.78 Å². The molecule has 0 heterocycles. The Balaban J connectivity index is 1.82. The van der Waals surface area contributed by atoms with E-state index in [4.69, 9.17) is 0 Å². The molecule has 20 heavy (non-hydrogen) atoms. The van der Waals surface area contributed by atoms with Crippen LogP contribution in [-0.4, -0.2) is 5.91 Å². The van der Waals surface area contributed by atoms with Gasteiger partial charge in [-0.1, -0.05) is 6.07 Å². The number of carbonyl (C=O) groups is 1. The normalized spacial score (nSPS) is 13.1. The van der Waals surface area contributed by atoms with Gasteiger partial charge in [-0.2, -0.15) is 0 Å². The number of aryl methyl sites for hydroxylation is 2. The van der Waals surface area contributed by atoms with Crippen molar-refractivity contribution in [3.63, 3.8) is 0 Å². The van der Waals surface area contributed by atoms with E-state index in [1.807, 2.05) is 18.2 Å². The SMILES string of the molecule is O=C(Nc1ccc2c(c1)CCC2)c1ccc(F)cc1F. The van der Waals surface area contributed by atoms with Crippen molar-refractivity contribution in [1.82, 2.24) is 0 Å². The van der Waals surface area contributed by atoms with Crippen molar-refractivity contribution in [3.05, 3.63) is 64.7 Å². The zero-order chi connectivity index (χ0) is 14.1. The lowest BCUT2D eigenvalue weighted by atomic mass is 10.1. The van der Waals surface area contributed by atoms with E-state index in [2.05, 4.69) is 5.32 Å². The molecule has 1 aliphatic rings. The summed E-state index contributed by atoms with van der Waals surface area (Å²) in [5.41, 5.74) is 3.00. The molecule has 0 radical (unpaired) electrons. The van der Waals surface area contributed by atoms with E-state index >= 15 is 0 Å². The summed E-state index contributed by atoms with van der Waals surface area (Å²) in [6.45, 7) is 0. The molecule has 0 aromatic heterocycles. The van der Waals surface area contributed by atoms with E-state index in [1.54, 1.807) is 0 Å². The zero-order valence-electron chi connectivity index (χ0n) is 10.7. The number of halogens is 2. The molecule has 0 atom stereocenters. The van der Waals surface area contributed by atoms with Crippen LogP contribution in [-0.2, 0) is 12.8 Å². The highest BCUT2D eigenvalue weighted by Gasteiger charge is 2.15. The van der Waals surface area contributed by atoms with Crippen LogP contribution in [0.25, 0.3) is 0 Å². The summed E-state index contributed by atoms with van der Waals surface area (Å²) in [4.78, 5) is 12.0. The van der Waals surface area contributed by atoms with E-state index in [9.17, 15) is 13.6 Å². The third kappa shape index (κ3) is 2.41. The van der Waals surface area contributed by atoms with Gasteiger partial charge in [0, 0.05) is 11.8 Å². The molecule has 2 nitrogen and oxygen atoms in total. The van der Waals surface area contributed by atoms with Crippen LogP contribution < -0.4 is 5.32 Å². The smallest absolute Gasteiger partial charge is 0.258 e. The second-order valence-corrected chi connectivity index (χ2v) is 4.92. The Kier molecular flexibility index (Phi) is 3.22. The molecule has 102 valence electrons. The fourth-order valence-corrected chi connectivity index (χ4v) is 2.52. The van der Waals surface area contributed by atoms with Crippen molar-refractivity contribution < 1.29 is 13.6 Å². The third-order valence-corrected chi connectivity index (χ3v) is 3.53. The van der Waals surface area contributed by atoms with Crippen LogP contribution >= 0.6 is 0 Å². The average Bonchev–Trinajstić information content (AvgIpc) is 2.85. The molecule has 2 aromatic rings. The quantitative estimate of drug-likeness (QED) is 0.888. The predicted octanol–water partition coefficient (Wildman–Crippen LogP) is 3.71. The van der Waals surface area contributed by atoms with Crippen LogP contribution in [0, 0.1) is 11.6 Å². The van der Waals surface area contributed by atoms with Crippen LogP contribution in [0.2, 0.25) is 0 Å². The average molecular weight is 273 g/mol. The van der Waals surface area contributed by atoms with Crippen molar-refractivity contribution in [2.24, 2.45) is 0 Å². The summed E-state index contributed by atoms with van der Waals surface area (Å²) in [5, 5.41) is 2.65. The summed E-state index contributed by atoms with van der Waals surface area (Å²) in [5.74, 6) is -2.12. The van der Waals surface area contributed by atoms with E-state index in [0.29, 0.717) is 11.8 Å². The fraction of sp³-hybridized carbons (Fsp3) is 0.188. The first-order valence-electron chi connectivity index (χ1n) is 6.52. The minimum atomic E-state index is -0.858. The van der Waals surface area contributed by atoms with Crippen LogP contribution in [0.4, 0.5) is 14.5 Å². The van der Waals surface area contributed by atoms with Gasteiger partial charge in [-0.05, 0) is 54.7 Å². The first-order valence-corrected chi connectivity index (χ1v) is 6.52. The second kappa shape index (κ2) is 5.04. The summed E-state index contributed by atoms with van der Waals surface area (Å²) >= 11 is 0. The summed E-state index contributed by atoms with van der Waals surface area (Å²) in [6, 6.07) is 8.63. The molecule has 0 saturated carbocycles. The van der Waals surface area contributed by atoms with E-state index in [0.717, 1.165) is 31.4 Å². The Morgan fingerprint density at radius 1 is 1.00 bits per heavy atom. The highest BCUT2D eigenvalue weighted by atomic mass is 19.1. The molecule has 3 rings (SSSR count). The topological polar surface area (TPSA) is 29.1 Å². The number of hydrogen-bond acceptors (Lipinski definition) is 1. The van der Waals surface area contributed by atoms with Gasteiger partial charge in [0.2, 0.25) is 0 Å². The number of rotatable bonds is 2. The Hall–Kier alpha value is -2.23. The van der Waals surface area contributed by atoms with Crippen molar-refractivity contribution in [2.45, 2.75) is 19.3 Å². The minimum absolute atomic E-state index is 0.160. The first-order chi connectivity index (χ1) is 9.63. The van der Waals surface area contributed by atoms with E-state index in [-0.39, 0.29) is 5.56 Å². The molecule has 0 aliphatic heterocycles. The highest BCUT2D eigenvalue weighted by molar-refractivity contribution is 6.04. The van der Waals surface area contributed by atoms with Crippen molar-refractivity contribution in [2.75, 3.05) is 5.32 Å². The van der Waals surface area contributed by atoms with Crippen LogP contribution in [0.3, 0.4) is 0 Å². The molecule has 0 fully saturated rings. The number of carbonyl (C=O) groups excluding carboxylic acids is 1. The Morgan fingerprint density at radius 2 is 1.80 bits per heavy atom. The summed E-state index contributed by atoms with van der Waals surface area (Å²) in [6.07, 6.45) is 3.19. The zero-order valence-corrected chi connectivity index (χ0v) is 10.7. The third-order valence-electron chi connectivity index (χ3n) is 3.53. The number of benzene rings is 2. The molecule has 2 aromatic carbocycles. The molecule has 1 N–H and O–H groups in total. The number of amides is 1. The van der Waals surface area contributed by atoms with Crippen LogP contribution in [0.1, 0.15) is 27.9 Å². The van der Waals surface area contributed by atoms with Gasteiger partial charge in [0.05, 0.1) is 5.56 Å². The summed E-state index contributed by atoms with van der Waals surface area (Å²) in [7, 11) is 0. The number of hydrogen-bond donors (Lipinski definition) is 1. The Morgan fingerprint density at radius 3 is 2.60 bits per heavy atom.